The second-order valence-corrected chi connectivity index (χ2v) is 8.00. The van der Waals surface area contributed by atoms with Crippen molar-refractivity contribution in [3.63, 3.8) is 0 Å². The normalized spacial score (nSPS) is 14.5. The predicted octanol–water partition coefficient (Wildman–Crippen LogP) is 3.84. The summed E-state index contributed by atoms with van der Waals surface area (Å²) in [5, 5.41) is 1.32. The molecule has 17 heavy (non-hydrogen) atoms. The molecule has 0 spiro atoms. The van der Waals surface area contributed by atoms with Gasteiger partial charge in [0, 0.05) is 0 Å². The Kier molecular flexibility index (Phi) is 4.14. The van der Waals surface area contributed by atoms with E-state index >= 15 is 0 Å². The van der Waals surface area contributed by atoms with Crippen LogP contribution in [0.15, 0.2) is 33.9 Å². The van der Waals surface area contributed by atoms with E-state index < -0.39 is 16.0 Å². The molecule has 2 aromatic heterocycles. The van der Waals surface area contributed by atoms with Crippen LogP contribution in [0.4, 0.5) is 0 Å². The molecule has 90 valence electrons. The number of rotatable bonds is 4. The lowest BCUT2D eigenvalue weighted by Gasteiger charge is -2.07. The van der Waals surface area contributed by atoms with Crippen LogP contribution in [-0.2, 0) is 10.8 Å². The summed E-state index contributed by atoms with van der Waals surface area (Å²) >= 11 is 8.41. The average molecular weight is 305 g/mol. The Morgan fingerprint density at radius 3 is 2.71 bits per heavy atom. The van der Waals surface area contributed by atoms with Crippen LogP contribution in [0.2, 0.25) is 4.34 Å². The maximum absolute atomic E-state index is 12.1. The summed E-state index contributed by atoms with van der Waals surface area (Å²) in [4.78, 5) is 12.6. The molecule has 2 rings (SSSR count). The van der Waals surface area contributed by atoms with E-state index in [9.17, 15) is 9.00 Å². The highest BCUT2D eigenvalue weighted by Crippen LogP contribution is 2.25. The summed E-state index contributed by atoms with van der Waals surface area (Å²) in [6.45, 7) is 1.69. The van der Waals surface area contributed by atoms with E-state index in [0.29, 0.717) is 9.21 Å². The third-order valence-corrected chi connectivity index (χ3v) is 6.28. The average Bonchev–Trinajstić information content (AvgIpc) is 2.96. The molecule has 0 saturated heterocycles. The van der Waals surface area contributed by atoms with Gasteiger partial charge in [0.05, 0.1) is 24.2 Å². The highest BCUT2D eigenvalue weighted by molar-refractivity contribution is 7.88. The number of halogens is 1. The summed E-state index contributed by atoms with van der Waals surface area (Å²) < 4.78 is 13.4. The fourth-order valence-electron chi connectivity index (χ4n) is 1.30. The van der Waals surface area contributed by atoms with E-state index in [2.05, 4.69) is 0 Å². The zero-order chi connectivity index (χ0) is 12.4. The molecule has 0 aliphatic rings. The van der Waals surface area contributed by atoms with E-state index in [1.54, 1.807) is 25.1 Å². The molecule has 0 N–H and O–H groups in total. The fraction of sp³-hybridized carbons (Fsp3) is 0.182. The van der Waals surface area contributed by atoms with Crippen molar-refractivity contribution in [2.75, 3.05) is 0 Å². The SMILES string of the molecule is CC(C(=O)c1ccc(Cl)s1)S(=O)c1cccs1. The minimum absolute atomic E-state index is 0.117. The number of carbonyl (C=O) groups is 1. The molecule has 0 radical (unpaired) electrons. The molecule has 2 heterocycles. The van der Waals surface area contributed by atoms with Gasteiger partial charge in [0.1, 0.15) is 5.25 Å². The van der Waals surface area contributed by atoms with Crippen LogP contribution in [0.1, 0.15) is 16.6 Å². The first kappa shape index (κ1) is 13.0. The zero-order valence-corrected chi connectivity index (χ0v) is 12.1. The van der Waals surface area contributed by atoms with E-state index in [4.69, 9.17) is 11.6 Å². The van der Waals surface area contributed by atoms with Gasteiger partial charge in [0.2, 0.25) is 0 Å². The molecular weight excluding hydrogens is 296 g/mol. The Morgan fingerprint density at radius 2 is 2.18 bits per heavy atom. The van der Waals surface area contributed by atoms with Gasteiger partial charge in [-0.05, 0) is 30.5 Å². The molecule has 0 amide bonds. The minimum atomic E-state index is -1.29. The van der Waals surface area contributed by atoms with E-state index in [1.165, 1.54) is 22.7 Å². The molecule has 2 atom stereocenters. The summed E-state index contributed by atoms with van der Waals surface area (Å²) in [7, 11) is -1.29. The summed E-state index contributed by atoms with van der Waals surface area (Å²) in [6.07, 6.45) is 0. The molecule has 2 unspecified atom stereocenters. The lowest BCUT2D eigenvalue weighted by atomic mass is 10.2. The first-order chi connectivity index (χ1) is 8.09. The standard InChI is InChI=1S/C11H9ClO2S3/c1-7(17(14)10-3-2-6-15-10)11(13)8-4-5-9(12)16-8/h2-7H,1H3. The van der Waals surface area contributed by atoms with Gasteiger partial charge >= 0.3 is 0 Å². The van der Waals surface area contributed by atoms with Crippen LogP contribution < -0.4 is 0 Å². The van der Waals surface area contributed by atoms with Gasteiger partial charge in [-0.1, -0.05) is 17.7 Å². The third-order valence-electron chi connectivity index (χ3n) is 2.20. The van der Waals surface area contributed by atoms with Crippen LogP contribution in [0.25, 0.3) is 0 Å². The molecular formula is C11H9ClO2S3. The van der Waals surface area contributed by atoms with Gasteiger partial charge in [-0.2, -0.15) is 0 Å². The molecule has 0 saturated carbocycles. The van der Waals surface area contributed by atoms with Gasteiger partial charge in [-0.25, -0.2) is 0 Å². The number of hydrogen-bond acceptors (Lipinski definition) is 4. The van der Waals surface area contributed by atoms with Crippen molar-refractivity contribution in [3.05, 3.63) is 38.9 Å². The molecule has 0 bridgehead atoms. The predicted molar refractivity (Wildman–Crippen MR) is 73.8 cm³/mol. The monoisotopic (exact) mass is 304 g/mol. The van der Waals surface area contributed by atoms with E-state index in [-0.39, 0.29) is 5.78 Å². The van der Waals surface area contributed by atoms with Crippen LogP contribution in [0, 0.1) is 0 Å². The molecule has 0 aliphatic heterocycles. The Bertz CT molecular complexity index is 545. The molecule has 0 aliphatic carbocycles. The number of Topliss-reactive ketones (excluding diaryl/α,β-unsaturated/α-hetero) is 1. The van der Waals surface area contributed by atoms with Crippen LogP contribution in [0.3, 0.4) is 0 Å². The second-order valence-electron chi connectivity index (χ2n) is 3.34. The van der Waals surface area contributed by atoms with Crippen molar-refractivity contribution in [2.45, 2.75) is 16.4 Å². The molecule has 2 aromatic rings. The van der Waals surface area contributed by atoms with Crippen LogP contribution in [0.5, 0.6) is 0 Å². The zero-order valence-electron chi connectivity index (χ0n) is 8.88. The Hall–Kier alpha value is -0.490. The van der Waals surface area contributed by atoms with Crippen molar-refractivity contribution in [2.24, 2.45) is 0 Å². The van der Waals surface area contributed by atoms with Crippen molar-refractivity contribution >= 4 is 50.9 Å². The molecule has 2 nitrogen and oxygen atoms in total. The number of hydrogen-bond donors (Lipinski definition) is 0. The number of ketones is 1. The van der Waals surface area contributed by atoms with Crippen molar-refractivity contribution < 1.29 is 9.00 Å². The maximum Gasteiger partial charge on any atom is 0.188 e. The Balaban J connectivity index is 2.18. The topological polar surface area (TPSA) is 34.1 Å². The van der Waals surface area contributed by atoms with Crippen molar-refractivity contribution in [1.82, 2.24) is 0 Å². The smallest absolute Gasteiger partial charge is 0.188 e. The molecule has 6 heteroatoms. The Labute approximate surface area is 115 Å². The van der Waals surface area contributed by atoms with Gasteiger partial charge in [-0.3, -0.25) is 9.00 Å². The van der Waals surface area contributed by atoms with E-state index in [1.807, 2.05) is 11.4 Å². The first-order valence-corrected chi connectivity index (χ1v) is 8.12. The minimum Gasteiger partial charge on any atom is -0.292 e. The lowest BCUT2D eigenvalue weighted by Crippen LogP contribution is -2.21. The first-order valence-electron chi connectivity index (χ1n) is 4.83. The second kappa shape index (κ2) is 5.44. The highest BCUT2D eigenvalue weighted by Gasteiger charge is 2.24. The molecule has 0 aromatic carbocycles. The quantitative estimate of drug-likeness (QED) is 0.804. The van der Waals surface area contributed by atoms with Gasteiger partial charge < -0.3 is 0 Å². The summed E-state index contributed by atoms with van der Waals surface area (Å²) in [5.41, 5.74) is 0. The number of thiophene rings is 2. The third kappa shape index (κ3) is 2.85. The van der Waals surface area contributed by atoms with Gasteiger partial charge in [-0.15, -0.1) is 22.7 Å². The summed E-state index contributed by atoms with van der Waals surface area (Å²) in [5.74, 6) is -0.117. The van der Waals surface area contributed by atoms with Crippen molar-refractivity contribution in [1.29, 1.82) is 0 Å². The van der Waals surface area contributed by atoms with E-state index in [0.717, 1.165) is 4.21 Å². The van der Waals surface area contributed by atoms with Gasteiger partial charge in [0.25, 0.3) is 0 Å². The largest absolute Gasteiger partial charge is 0.292 e. The Morgan fingerprint density at radius 1 is 1.41 bits per heavy atom. The van der Waals surface area contributed by atoms with Crippen LogP contribution in [-0.4, -0.2) is 15.2 Å². The fourth-order valence-corrected chi connectivity index (χ4v) is 4.75. The number of carbonyl (C=O) groups excluding carboxylic acids is 1. The lowest BCUT2D eigenvalue weighted by molar-refractivity contribution is 0.0996. The summed E-state index contributed by atoms with van der Waals surface area (Å²) in [6, 6.07) is 6.97. The highest BCUT2D eigenvalue weighted by atomic mass is 35.5. The molecule has 0 fully saturated rings. The van der Waals surface area contributed by atoms with Gasteiger partial charge in [0.15, 0.2) is 5.78 Å². The van der Waals surface area contributed by atoms with Crippen LogP contribution >= 0.6 is 34.3 Å². The maximum atomic E-state index is 12.1. The van der Waals surface area contributed by atoms with Crippen molar-refractivity contribution in [3.8, 4) is 0 Å².